The second-order valence-corrected chi connectivity index (χ2v) is 1.87. The van der Waals surface area contributed by atoms with Crippen LogP contribution in [-0.2, 0) is 0 Å². The Balaban J connectivity index is 2.82. The molecule has 0 saturated heterocycles. The molecule has 0 atom stereocenters. The molecule has 9 heavy (non-hydrogen) atoms. The second-order valence-electron chi connectivity index (χ2n) is 1.87. The average molecular weight is 130 g/mol. The molecule has 0 aromatic rings. The molecule has 0 aliphatic rings. The van der Waals surface area contributed by atoms with Crippen molar-refractivity contribution in [2.75, 3.05) is 13.2 Å². The molecule has 54 valence electrons. The van der Waals surface area contributed by atoms with Crippen molar-refractivity contribution in [1.82, 2.24) is 0 Å². The van der Waals surface area contributed by atoms with Crippen LogP contribution in [0, 0.1) is 0 Å². The fraction of sp³-hybridized carbons (Fsp3) is 0.714. The van der Waals surface area contributed by atoms with Crippen molar-refractivity contribution in [3.05, 3.63) is 12.2 Å². The first-order valence-electron chi connectivity index (χ1n) is 3.28. The van der Waals surface area contributed by atoms with E-state index in [0.29, 0.717) is 0 Å². The van der Waals surface area contributed by atoms with Crippen LogP contribution in [0.5, 0.6) is 0 Å². The summed E-state index contributed by atoms with van der Waals surface area (Å²) < 4.78 is 0. The Labute approximate surface area is 55.8 Å². The summed E-state index contributed by atoms with van der Waals surface area (Å²) in [5, 5.41) is 16.6. The van der Waals surface area contributed by atoms with Gasteiger partial charge in [-0.3, -0.25) is 0 Å². The first kappa shape index (κ1) is 8.66. The normalized spacial score (nSPS) is 10.9. The van der Waals surface area contributed by atoms with Gasteiger partial charge in [0.15, 0.2) is 0 Å². The van der Waals surface area contributed by atoms with Gasteiger partial charge in [-0.2, -0.15) is 0 Å². The summed E-state index contributed by atoms with van der Waals surface area (Å²) in [5.74, 6) is 0. The lowest BCUT2D eigenvalue weighted by Gasteiger charge is -1.89. The smallest absolute Gasteiger partial charge is 0.0612 e. The lowest BCUT2D eigenvalue weighted by Crippen LogP contribution is -1.80. The third-order valence-electron chi connectivity index (χ3n) is 1.05. The van der Waals surface area contributed by atoms with Gasteiger partial charge in [0.05, 0.1) is 6.61 Å². The monoisotopic (exact) mass is 130 g/mol. The fourth-order valence-corrected chi connectivity index (χ4v) is 0.566. The molecule has 0 unspecified atom stereocenters. The van der Waals surface area contributed by atoms with Gasteiger partial charge < -0.3 is 10.2 Å². The van der Waals surface area contributed by atoms with Crippen LogP contribution in [0.4, 0.5) is 0 Å². The molecule has 0 radical (unpaired) electrons. The van der Waals surface area contributed by atoms with Crippen LogP contribution in [0.25, 0.3) is 0 Å². The van der Waals surface area contributed by atoms with E-state index >= 15 is 0 Å². The zero-order valence-corrected chi connectivity index (χ0v) is 5.58. The highest BCUT2D eigenvalue weighted by Gasteiger charge is 1.80. The Morgan fingerprint density at radius 3 is 2.33 bits per heavy atom. The molecule has 0 aliphatic carbocycles. The van der Waals surface area contributed by atoms with E-state index in [-0.39, 0.29) is 13.2 Å². The first-order valence-corrected chi connectivity index (χ1v) is 3.28. The highest BCUT2D eigenvalue weighted by Crippen LogP contribution is 1.94. The van der Waals surface area contributed by atoms with Gasteiger partial charge >= 0.3 is 0 Å². The van der Waals surface area contributed by atoms with Gasteiger partial charge in [0.25, 0.3) is 0 Å². The maximum absolute atomic E-state index is 8.35. The summed E-state index contributed by atoms with van der Waals surface area (Å²) in [5.41, 5.74) is 0. The number of hydrogen-bond donors (Lipinski definition) is 2. The van der Waals surface area contributed by atoms with E-state index in [0.717, 1.165) is 19.3 Å². The van der Waals surface area contributed by atoms with Gasteiger partial charge in [0.1, 0.15) is 0 Å². The van der Waals surface area contributed by atoms with E-state index in [1.165, 1.54) is 0 Å². The number of rotatable bonds is 5. The zero-order valence-electron chi connectivity index (χ0n) is 5.58. The topological polar surface area (TPSA) is 40.5 Å². The van der Waals surface area contributed by atoms with Gasteiger partial charge in [0, 0.05) is 6.61 Å². The predicted molar refractivity (Wildman–Crippen MR) is 37.2 cm³/mol. The number of aliphatic hydroxyl groups is 2. The van der Waals surface area contributed by atoms with E-state index in [1.807, 2.05) is 6.08 Å². The molecule has 2 nitrogen and oxygen atoms in total. The standard InChI is InChI=1S/C7H14O2/c8-6-4-2-1-3-5-7-9/h2,4,8-9H,1,3,5-7H2/b4-2-. The van der Waals surface area contributed by atoms with Crippen LogP contribution in [0.2, 0.25) is 0 Å². The minimum absolute atomic E-state index is 0.124. The van der Waals surface area contributed by atoms with Crippen LogP contribution >= 0.6 is 0 Å². The Morgan fingerprint density at radius 1 is 1.00 bits per heavy atom. The highest BCUT2D eigenvalue weighted by molar-refractivity contribution is 4.80. The zero-order chi connectivity index (χ0) is 6.95. The van der Waals surface area contributed by atoms with Crippen LogP contribution < -0.4 is 0 Å². The van der Waals surface area contributed by atoms with E-state index in [2.05, 4.69) is 0 Å². The molecule has 0 saturated carbocycles. The second kappa shape index (κ2) is 7.66. The molecule has 0 rings (SSSR count). The third kappa shape index (κ3) is 7.66. The number of hydrogen-bond acceptors (Lipinski definition) is 2. The fourth-order valence-electron chi connectivity index (χ4n) is 0.566. The molecule has 0 spiro atoms. The van der Waals surface area contributed by atoms with Crippen molar-refractivity contribution < 1.29 is 10.2 Å². The minimum atomic E-state index is 0.124. The summed E-state index contributed by atoms with van der Waals surface area (Å²) in [6.07, 6.45) is 6.47. The van der Waals surface area contributed by atoms with Crippen LogP contribution in [0.1, 0.15) is 19.3 Å². The predicted octanol–water partition coefficient (Wildman–Crippen LogP) is 0.698. The molecule has 0 fully saturated rings. The van der Waals surface area contributed by atoms with Crippen molar-refractivity contribution in [1.29, 1.82) is 0 Å². The Kier molecular flexibility index (Phi) is 7.37. The van der Waals surface area contributed by atoms with Gasteiger partial charge in [0.2, 0.25) is 0 Å². The van der Waals surface area contributed by atoms with Crippen molar-refractivity contribution in [2.45, 2.75) is 19.3 Å². The summed E-state index contributed by atoms with van der Waals surface area (Å²) in [6, 6.07) is 0. The van der Waals surface area contributed by atoms with E-state index in [4.69, 9.17) is 10.2 Å². The van der Waals surface area contributed by atoms with Gasteiger partial charge in [-0.15, -0.1) is 0 Å². The molecular weight excluding hydrogens is 116 g/mol. The van der Waals surface area contributed by atoms with Crippen LogP contribution in [0.3, 0.4) is 0 Å². The molecule has 2 N–H and O–H groups in total. The Morgan fingerprint density at radius 2 is 1.78 bits per heavy atom. The lowest BCUT2D eigenvalue weighted by atomic mass is 10.2. The van der Waals surface area contributed by atoms with E-state index < -0.39 is 0 Å². The molecular formula is C7H14O2. The molecule has 0 heterocycles. The summed E-state index contributed by atoms with van der Waals surface area (Å²) in [4.78, 5) is 0. The molecule has 0 aromatic carbocycles. The SMILES string of the molecule is OC/C=C\CCCCO. The van der Waals surface area contributed by atoms with Crippen LogP contribution in [-0.4, -0.2) is 23.4 Å². The van der Waals surface area contributed by atoms with Crippen molar-refractivity contribution in [3.63, 3.8) is 0 Å². The number of aliphatic hydroxyl groups excluding tert-OH is 2. The molecule has 0 bridgehead atoms. The van der Waals surface area contributed by atoms with Gasteiger partial charge in [-0.1, -0.05) is 12.2 Å². The minimum Gasteiger partial charge on any atom is -0.396 e. The van der Waals surface area contributed by atoms with Crippen molar-refractivity contribution in [2.24, 2.45) is 0 Å². The van der Waals surface area contributed by atoms with Crippen molar-refractivity contribution in [3.8, 4) is 0 Å². The molecule has 0 aliphatic heterocycles. The maximum atomic E-state index is 8.35. The number of allylic oxidation sites excluding steroid dienone is 1. The average Bonchev–Trinajstić information content (AvgIpc) is 1.89. The van der Waals surface area contributed by atoms with Crippen LogP contribution in [0.15, 0.2) is 12.2 Å². The van der Waals surface area contributed by atoms with Gasteiger partial charge in [-0.25, -0.2) is 0 Å². The summed E-state index contributed by atoms with van der Waals surface area (Å²) >= 11 is 0. The third-order valence-corrected chi connectivity index (χ3v) is 1.05. The Bertz CT molecular complexity index is 69.3. The van der Waals surface area contributed by atoms with E-state index in [9.17, 15) is 0 Å². The summed E-state index contributed by atoms with van der Waals surface area (Å²) in [6.45, 7) is 0.395. The first-order chi connectivity index (χ1) is 4.41. The van der Waals surface area contributed by atoms with Crippen molar-refractivity contribution >= 4 is 0 Å². The van der Waals surface area contributed by atoms with E-state index in [1.54, 1.807) is 6.08 Å². The highest BCUT2D eigenvalue weighted by atomic mass is 16.3. The molecule has 0 amide bonds. The van der Waals surface area contributed by atoms with Gasteiger partial charge in [-0.05, 0) is 19.3 Å². The maximum Gasteiger partial charge on any atom is 0.0612 e. The quantitative estimate of drug-likeness (QED) is 0.425. The molecule has 0 aromatic heterocycles. The molecule has 2 heteroatoms. The number of unbranched alkanes of at least 4 members (excludes halogenated alkanes) is 2. The lowest BCUT2D eigenvalue weighted by molar-refractivity contribution is 0.285. The Hall–Kier alpha value is -0.340. The largest absolute Gasteiger partial charge is 0.396 e. The summed E-state index contributed by atoms with van der Waals surface area (Å²) in [7, 11) is 0.